The number of nitrogens with zero attached hydrogens (tertiary/aromatic N) is 2. The van der Waals surface area contributed by atoms with E-state index in [-0.39, 0.29) is 23.1 Å². The van der Waals surface area contributed by atoms with Crippen molar-refractivity contribution in [1.82, 2.24) is 0 Å². The first kappa shape index (κ1) is 35.1. The van der Waals surface area contributed by atoms with E-state index in [1.54, 1.807) is 0 Å². The summed E-state index contributed by atoms with van der Waals surface area (Å²) in [7, 11) is -4.42. The third-order valence-electron chi connectivity index (χ3n) is 3.00. The van der Waals surface area contributed by atoms with Crippen molar-refractivity contribution in [3.05, 3.63) is 9.30 Å². The molecule has 0 N–H and O–H groups in total. The maximum Gasteiger partial charge on any atom is 2.00 e. The van der Waals surface area contributed by atoms with Gasteiger partial charge in [-0.25, -0.2) is 0 Å². The van der Waals surface area contributed by atoms with Gasteiger partial charge in [-0.2, -0.15) is 0 Å². The van der Waals surface area contributed by atoms with E-state index in [2.05, 4.69) is 78.6 Å². The van der Waals surface area contributed by atoms with Gasteiger partial charge in [-0.05, 0) is 25.7 Å². The van der Waals surface area contributed by atoms with Gasteiger partial charge in [-0.15, -0.1) is 0 Å². The summed E-state index contributed by atoms with van der Waals surface area (Å²) in [4.78, 5) is 0. The van der Waals surface area contributed by atoms with Crippen LogP contribution >= 0.6 is 0 Å². The standard InChI is InChI=1S/2C6H18NSi2.2C4H8O.Mg/c2*1-8(2,3)7-9(4,5)6;2*1-2-4-5-3-1;/h2*1-6H3;2*1-4H2;/q2*-1;;;+2. The Kier molecular flexibility index (Phi) is 20.6. The van der Waals surface area contributed by atoms with Crippen molar-refractivity contribution in [3.63, 3.8) is 0 Å². The van der Waals surface area contributed by atoms with E-state index in [9.17, 15) is 0 Å². The quantitative estimate of drug-likeness (QED) is 0.390. The van der Waals surface area contributed by atoms with Gasteiger partial charge in [0.2, 0.25) is 0 Å². The third kappa shape index (κ3) is 40.4. The van der Waals surface area contributed by atoms with Crippen LogP contribution in [0, 0.1) is 0 Å². The molecule has 0 aromatic carbocycles. The van der Waals surface area contributed by atoms with Crippen LogP contribution in [0.15, 0.2) is 0 Å². The Morgan fingerprint density at radius 1 is 0.414 bits per heavy atom. The second-order valence-electron chi connectivity index (χ2n) is 11.5. The fourth-order valence-electron chi connectivity index (χ4n) is 3.03. The molecular weight excluding hydrogens is 437 g/mol. The molecule has 0 bridgehead atoms. The fourth-order valence-corrected chi connectivity index (χ4v) is 19.1. The Morgan fingerprint density at radius 2 is 0.586 bits per heavy atom. The van der Waals surface area contributed by atoms with Gasteiger partial charge in [-0.3, -0.25) is 0 Å². The molecule has 0 atom stereocenters. The predicted molar refractivity (Wildman–Crippen MR) is 146 cm³/mol. The largest absolute Gasteiger partial charge is 2.00 e. The topological polar surface area (TPSA) is 46.7 Å². The van der Waals surface area contributed by atoms with Gasteiger partial charge < -0.3 is 18.8 Å². The average molecular weight is 489 g/mol. The van der Waals surface area contributed by atoms with Gasteiger partial charge in [-0.1, -0.05) is 112 Å². The van der Waals surface area contributed by atoms with Gasteiger partial charge in [0.15, 0.2) is 0 Å². The molecule has 2 saturated heterocycles. The van der Waals surface area contributed by atoms with E-state index in [0.717, 1.165) is 26.4 Å². The van der Waals surface area contributed by atoms with E-state index in [1.165, 1.54) is 25.7 Å². The maximum atomic E-state index is 4.94. The summed E-state index contributed by atoms with van der Waals surface area (Å²) in [6, 6.07) is 0. The molecule has 172 valence electrons. The maximum absolute atomic E-state index is 4.94. The SMILES string of the molecule is C1CCOC1.C1CCOC1.C[Si](C)(C)[N-][Si](C)(C)C.C[Si](C)(C)[N-][Si](C)(C)C.[Mg+2]. The number of ether oxygens (including phenoxy) is 2. The zero-order chi connectivity index (χ0) is 22.5. The van der Waals surface area contributed by atoms with Crippen molar-refractivity contribution in [2.45, 2.75) is 104 Å². The van der Waals surface area contributed by atoms with Gasteiger partial charge in [0.05, 0.1) is 0 Å². The molecule has 2 aliphatic rings. The normalized spacial score (nSPS) is 17.0. The summed E-state index contributed by atoms with van der Waals surface area (Å²) in [5.41, 5.74) is 0. The first-order chi connectivity index (χ1) is 12.4. The monoisotopic (exact) mass is 488 g/mol. The van der Waals surface area contributed by atoms with Gasteiger partial charge in [0.25, 0.3) is 0 Å². The second-order valence-corrected chi connectivity index (χ2v) is 30.7. The van der Waals surface area contributed by atoms with E-state index in [1.807, 2.05) is 0 Å². The molecule has 0 spiro atoms. The Labute approximate surface area is 204 Å². The van der Waals surface area contributed by atoms with Crippen molar-refractivity contribution < 1.29 is 9.47 Å². The second kappa shape index (κ2) is 17.0. The summed E-state index contributed by atoms with van der Waals surface area (Å²) in [6.45, 7) is 31.6. The average Bonchev–Trinajstić information content (AvgIpc) is 3.11. The van der Waals surface area contributed by atoms with Crippen LogP contribution in [-0.2, 0) is 9.47 Å². The van der Waals surface area contributed by atoms with E-state index in [0.29, 0.717) is 0 Å². The molecular formula is C20H52MgN2O2Si4. The molecule has 0 saturated carbocycles. The van der Waals surface area contributed by atoms with Crippen molar-refractivity contribution in [1.29, 1.82) is 0 Å². The molecule has 0 aromatic rings. The first-order valence-corrected chi connectivity index (χ1v) is 24.8. The van der Waals surface area contributed by atoms with Crippen molar-refractivity contribution in [2.24, 2.45) is 0 Å². The van der Waals surface area contributed by atoms with Gasteiger partial charge >= 0.3 is 23.1 Å². The van der Waals surface area contributed by atoms with Gasteiger partial charge in [0, 0.05) is 26.4 Å². The van der Waals surface area contributed by atoms with Crippen LogP contribution in [0.3, 0.4) is 0 Å². The Hall–Kier alpha value is 1.47. The molecule has 2 heterocycles. The van der Waals surface area contributed by atoms with Crippen LogP contribution in [0.1, 0.15) is 25.7 Å². The first-order valence-electron chi connectivity index (χ1n) is 11.0. The molecule has 0 aliphatic carbocycles. The summed E-state index contributed by atoms with van der Waals surface area (Å²) >= 11 is 0. The molecule has 0 amide bonds. The van der Waals surface area contributed by atoms with Crippen LogP contribution in [0.4, 0.5) is 0 Å². The number of hydrogen-bond acceptors (Lipinski definition) is 2. The van der Waals surface area contributed by atoms with Crippen LogP contribution in [0.5, 0.6) is 0 Å². The minimum absolute atomic E-state index is 0. The summed E-state index contributed by atoms with van der Waals surface area (Å²) in [6.07, 6.45) is 5.11. The Bertz CT molecular complexity index is 293. The minimum atomic E-state index is -1.11. The summed E-state index contributed by atoms with van der Waals surface area (Å²) < 4.78 is 19.5. The van der Waals surface area contributed by atoms with Crippen molar-refractivity contribution in [3.8, 4) is 0 Å². The fraction of sp³-hybridized carbons (Fsp3) is 1.00. The zero-order valence-corrected chi connectivity index (χ0v) is 27.5. The molecule has 29 heavy (non-hydrogen) atoms. The molecule has 2 aliphatic heterocycles. The predicted octanol–water partition coefficient (Wildman–Crippen LogP) is 7.27. The van der Waals surface area contributed by atoms with Crippen molar-refractivity contribution >= 4 is 56.0 Å². The van der Waals surface area contributed by atoms with Crippen molar-refractivity contribution in [2.75, 3.05) is 26.4 Å². The van der Waals surface area contributed by atoms with Crippen LogP contribution in [0.25, 0.3) is 9.30 Å². The number of rotatable bonds is 4. The molecule has 0 radical (unpaired) electrons. The Balaban J connectivity index is -0.000000316. The zero-order valence-electron chi connectivity index (χ0n) is 22.1. The van der Waals surface area contributed by atoms with Crippen LogP contribution < -0.4 is 0 Å². The van der Waals surface area contributed by atoms with E-state index in [4.69, 9.17) is 18.8 Å². The Morgan fingerprint density at radius 3 is 0.621 bits per heavy atom. The number of hydrogen-bond donors (Lipinski definition) is 0. The smallest absolute Gasteiger partial charge is 0.668 e. The summed E-state index contributed by atoms with van der Waals surface area (Å²) in [5, 5.41) is 0. The molecule has 9 heteroatoms. The summed E-state index contributed by atoms with van der Waals surface area (Å²) in [5.74, 6) is 0. The third-order valence-corrected chi connectivity index (χ3v) is 13.7. The minimum Gasteiger partial charge on any atom is -0.668 e. The van der Waals surface area contributed by atoms with E-state index >= 15 is 0 Å². The van der Waals surface area contributed by atoms with E-state index < -0.39 is 32.9 Å². The molecule has 4 nitrogen and oxygen atoms in total. The molecule has 0 unspecified atom stereocenters. The van der Waals surface area contributed by atoms with Gasteiger partial charge in [0.1, 0.15) is 0 Å². The molecule has 2 rings (SSSR count). The molecule has 0 aromatic heterocycles. The van der Waals surface area contributed by atoms with Crippen LogP contribution in [0.2, 0.25) is 78.6 Å². The molecule has 2 fully saturated rings. The van der Waals surface area contributed by atoms with Crippen LogP contribution in [-0.4, -0.2) is 82.4 Å².